The molecule has 1 aliphatic rings. The summed E-state index contributed by atoms with van der Waals surface area (Å²) in [6.45, 7) is 10.7. The largest absolute Gasteiger partial charge is 0.494 e. The summed E-state index contributed by atoms with van der Waals surface area (Å²) in [5, 5.41) is 11.6. The van der Waals surface area contributed by atoms with Gasteiger partial charge in [-0.15, -0.1) is 0 Å². The molecular formula is C31H34N6O4. The van der Waals surface area contributed by atoms with Crippen LogP contribution in [0.15, 0.2) is 61.4 Å². The van der Waals surface area contributed by atoms with Crippen molar-refractivity contribution in [2.45, 2.75) is 45.7 Å². The Morgan fingerprint density at radius 1 is 1.12 bits per heavy atom. The summed E-state index contributed by atoms with van der Waals surface area (Å²) in [6.07, 6.45) is 3.91. The Morgan fingerprint density at radius 3 is 2.59 bits per heavy atom. The summed E-state index contributed by atoms with van der Waals surface area (Å²) in [7, 11) is 0. The van der Waals surface area contributed by atoms with Gasteiger partial charge in [-0.3, -0.25) is 9.78 Å². The highest BCUT2D eigenvalue weighted by atomic mass is 16.5. The Labute approximate surface area is 238 Å². The highest BCUT2D eigenvalue weighted by molar-refractivity contribution is 5.86. The van der Waals surface area contributed by atoms with Gasteiger partial charge in [-0.2, -0.15) is 0 Å². The van der Waals surface area contributed by atoms with Gasteiger partial charge in [-0.05, 0) is 49.4 Å². The van der Waals surface area contributed by atoms with Gasteiger partial charge >= 0.3 is 6.09 Å². The lowest BCUT2D eigenvalue weighted by atomic mass is 10.0. The molecule has 0 spiro atoms. The first kappa shape index (κ1) is 27.8. The number of aromatic amines is 1. The van der Waals surface area contributed by atoms with E-state index in [1.165, 1.54) is 0 Å². The Kier molecular flexibility index (Phi) is 8.00. The van der Waals surface area contributed by atoms with E-state index in [1.807, 2.05) is 63.2 Å². The summed E-state index contributed by atoms with van der Waals surface area (Å²) in [5.41, 5.74) is 5.92. The van der Waals surface area contributed by atoms with E-state index < -0.39 is 12.1 Å². The molecule has 2 atom stereocenters. The number of ether oxygens (including phenoxy) is 1. The standard InChI is InChI=1S/C31H34N6O4/c1-5-41-19(4)22-12-13-23-24(15-22)32-16-25(34-23)20-8-10-21(11-9-20)26-17-33-29(35-26)27-7-6-14-37(27)30(38)28(18(2)3)36-31(39)40/h8-13,15-18,27-28,36H,4-7,14H2,1-3H3,(H,33,35)(H,39,40)/t27-,28-/m0/s1. The number of amides is 2. The van der Waals surface area contributed by atoms with E-state index >= 15 is 0 Å². The van der Waals surface area contributed by atoms with E-state index in [0.29, 0.717) is 24.7 Å². The molecule has 1 fully saturated rings. The van der Waals surface area contributed by atoms with Crippen molar-refractivity contribution in [3.05, 3.63) is 72.8 Å². The van der Waals surface area contributed by atoms with Gasteiger partial charge in [0.05, 0.1) is 47.5 Å². The molecule has 0 bridgehead atoms. The molecule has 0 saturated carbocycles. The molecule has 2 aromatic carbocycles. The number of H-pyrrole nitrogens is 1. The fourth-order valence-electron chi connectivity index (χ4n) is 5.19. The van der Waals surface area contributed by atoms with E-state index in [1.54, 1.807) is 17.3 Å². The second-order valence-electron chi connectivity index (χ2n) is 10.4. The Bertz CT molecular complexity index is 1580. The van der Waals surface area contributed by atoms with Crippen LogP contribution in [0, 0.1) is 5.92 Å². The molecule has 0 unspecified atom stereocenters. The minimum Gasteiger partial charge on any atom is -0.494 e. The van der Waals surface area contributed by atoms with Crippen LogP contribution >= 0.6 is 0 Å². The van der Waals surface area contributed by atoms with E-state index in [2.05, 4.69) is 26.8 Å². The number of hydrogen-bond donors (Lipinski definition) is 3. The van der Waals surface area contributed by atoms with Gasteiger partial charge in [0.15, 0.2) is 0 Å². The first-order chi connectivity index (χ1) is 19.7. The number of nitrogens with one attached hydrogen (secondary N) is 2. The molecule has 10 heteroatoms. The average Bonchev–Trinajstić information content (AvgIpc) is 3.65. The summed E-state index contributed by atoms with van der Waals surface area (Å²) in [4.78, 5) is 43.6. The van der Waals surface area contributed by atoms with Crippen LogP contribution in [0.1, 0.15) is 51.0 Å². The minimum atomic E-state index is -1.20. The molecule has 41 heavy (non-hydrogen) atoms. The van der Waals surface area contributed by atoms with Crippen LogP contribution in [-0.4, -0.2) is 61.1 Å². The third kappa shape index (κ3) is 5.91. The molecule has 1 saturated heterocycles. The maximum absolute atomic E-state index is 13.2. The molecule has 212 valence electrons. The van der Waals surface area contributed by atoms with Crippen molar-refractivity contribution in [2.24, 2.45) is 5.92 Å². The van der Waals surface area contributed by atoms with Gasteiger partial charge in [0.2, 0.25) is 5.91 Å². The van der Waals surface area contributed by atoms with Gasteiger partial charge in [0, 0.05) is 17.7 Å². The first-order valence-electron chi connectivity index (χ1n) is 13.8. The Hall–Kier alpha value is -4.73. The van der Waals surface area contributed by atoms with Crippen molar-refractivity contribution >= 4 is 28.8 Å². The number of hydrogen-bond acceptors (Lipinski definition) is 6. The Balaban J connectivity index is 1.32. The SMILES string of the molecule is C=C(OCC)c1ccc2nc(-c3ccc(-c4cnc([C@@H]5CCCN5C(=O)[C@@H](NC(=O)O)C(C)C)[nH]4)cc3)cnc2c1. The summed E-state index contributed by atoms with van der Waals surface area (Å²) in [6, 6.07) is 12.7. The van der Waals surface area contributed by atoms with Crippen molar-refractivity contribution in [1.29, 1.82) is 0 Å². The molecule has 2 aromatic heterocycles. The van der Waals surface area contributed by atoms with Crippen molar-refractivity contribution in [1.82, 2.24) is 30.2 Å². The van der Waals surface area contributed by atoms with Crippen LogP contribution in [-0.2, 0) is 9.53 Å². The monoisotopic (exact) mass is 554 g/mol. The second kappa shape index (κ2) is 11.8. The molecule has 3 heterocycles. The van der Waals surface area contributed by atoms with Gasteiger partial charge in [-0.1, -0.05) is 44.7 Å². The highest BCUT2D eigenvalue weighted by Crippen LogP contribution is 2.33. The number of carbonyl (C=O) groups excluding carboxylic acids is 1. The van der Waals surface area contributed by atoms with Crippen LogP contribution in [0.4, 0.5) is 4.79 Å². The fourth-order valence-corrected chi connectivity index (χ4v) is 5.19. The highest BCUT2D eigenvalue weighted by Gasteiger charge is 2.37. The molecule has 2 amide bonds. The predicted octanol–water partition coefficient (Wildman–Crippen LogP) is 5.65. The zero-order chi connectivity index (χ0) is 29.1. The van der Waals surface area contributed by atoms with Crippen molar-refractivity contribution < 1.29 is 19.4 Å². The van der Waals surface area contributed by atoms with E-state index in [4.69, 9.17) is 9.72 Å². The number of carbonyl (C=O) groups is 2. The van der Waals surface area contributed by atoms with Crippen molar-refractivity contribution in [2.75, 3.05) is 13.2 Å². The lowest BCUT2D eigenvalue weighted by Crippen LogP contribution is -2.50. The average molecular weight is 555 g/mol. The third-order valence-corrected chi connectivity index (χ3v) is 7.33. The third-order valence-electron chi connectivity index (χ3n) is 7.33. The van der Waals surface area contributed by atoms with Crippen LogP contribution in [0.2, 0.25) is 0 Å². The number of benzene rings is 2. The first-order valence-corrected chi connectivity index (χ1v) is 13.8. The van der Waals surface area contributed by atoms with E-state index in [-0.39, 0.29) is 17.9 Å². The number of likely N-dealkylation sites (tertiary alicyclic amines) is 1. The van der Waals surface area contributed by atoms with Gasteiger partial charge < -0.3 is 25.0 Å². The van der Waals surface area contributed by atoms with Crippen LogP contribution in [0.5, 0.6) is 0 Å². The second-order valence-corrected chi connectivity index (χ2v) is 10.4. The molecule has 5 rings (SSSR count). The lowest BCUT2D eigenvalue weighted by molar-refractivity contribution is -0.135. The van der Waals surface area contributed by atoms with Crippen molar-refractivity contribution in [3.8, 4) is 22.5 Å². The van der Waals surface area contributed by atoms with Gasteiger partial charge in [0.1, 0.15) is 17.6 Å². The smallest absolute Gasteiger partial charge is 0.405 e. The summed E-state index contributed by atoms with van der Waals surface area (Å²) < 4.78 is 5.50. The normalized spacial score (nSPS) is 15.7. The topological polar surface area (TPSA) is 133 Å². The quantitative estimate of drug-likeness (QED) is 0.228. The lowest BCUT2D eigenvalue weighted by Gasteiger charge is -2.29. The van der Waals surface area contributed by atoms with Crippen LogP contribution < -0.4 is 5.32 Å². The van der Waals surface area contributed by atoms with Crippen LogP contribution in [0.25, 0.3) is 39.3 Å². The van der Waals surface area contributed by atoms with Crippen molar-refractivity contribution in [3.63, 3.8) is 0 Å². The number of carboxylic acid groups (broad SMARTS) is 1. The maximum atomic E-state index is 13.2. The number of imidazole rings is 1. The zero-order valence-corrected chi connectivity index (χ0v) is 23.4. The number of aromatic nitrogens is 4. The van der Waals surface area contributed by atoms with Gasteiger partial charge in [-0.25, -0.2) is 14.8 Å². The number of fused-ring (bicyclic) bond motifs is 1. The maximum Gasteiger partial charge on any atom is 0.405 e. The predicted molar refractivity (Wildman–Crippen MR) is 157 cm³/mol. The molecular weight excluding hydrogens is 520 g/mol. The summed E-state index contributed by atoms with van der Waals surface area (Å²) >= 11 is 0. The number of nitrogens with zero attached hydrogens (tertiary/aromatic N) is 4. The van der Waals surface area contributed by atoms with E-state index in [9.17, 15) is 14.7 Å². The fraction of sp³-hybridized carbons (Fsp3) is 0.323. The summed E-state index contributed by atoms with van der Waals surface area (Å²) in [5.74, 6) is 0.911. The van der Waals surface area contributed by atoms with Gasteiger partial charge in [0.25, 0.3) is 0 Å². The van der Waals surface area contributed by atoms with E-state index in [0.717, 1.165) is 52.0 Å². The molecule has 0 radical (unpaired) electrons. The molecule has 3 N–H and O–H groups in total. The molecule has 1 aliphatic heterocycles. The zero-order valence-electron chi connectivity index (χ0n) is 23.4. The molecule has 4 aromatic rings. The number of rotatable bonds is 9. The molecule has 0 aliphatic carbocycles. The minimum absolute atomic E-state index is 0.171. The Morgan fingerprint density at radius 2 is 1.88 bits per heavy atom. The van der Waals surface area contributed by atoms with Crippen LogP contribution in [0.3, 0.4) is 0 Å². The molecule has 10 nitrogen and oxygen atoms in total.